The van der Waals surface area contributed by atoms with Crippen LogP contribution in [0.25, 0.3) is 0 Å². The Balaban J connectivity index is 1.65. The molecule has 26 heavy (non-hydrogen) atoms. The molecule has 0 atom stereocenters. The molecule has 3 heterocycles. The van der Waals surface area contributed by atoms with E-state index in [1.54, 1.807) is 23.2 Å². The molecule has 0 spiro atoms. The van der Waals surface area contributed by atoms with E-state index >= 15 is 0 Å². The predicted octanol–water partition coefficient (Wildman–Crippen LogP) is 2.47. The summed E-state index contributed by atoms with van der Waals surface area (Å²) < 4.78 is 43.0. The number of pyridine rings is 2. The second-order valence-corrected chi connectivity index (χ2v) is 5.74. The summed E-state index contributed by atoms with van der Waals surface area (Å²) in [5.74, 6) is 0.545. The third-order valence-corrected chi connectivity index (χ3v) is 4.16. The molecule has 138 valence electrons. The van der Waals surface area contributed by atoms with E-state index in [2.05, 4.69) is 9.97 Å². The lowest BCUT2D eigenvalue weighted by Gasteiger charge is -2.35. The Labute approximate surface area is 148 Å². The van der Waals surface area contributed by atoms with Gasteiger partial charge in [0.25, 0.3) is 5.91 Å². The summed E-state index contributed by atoms with van der Waals surface area (Å²) in [5, 5.41) is 0. The highest BCUT2D eigenvalue weighted by Crippen LogP contribution is 2.29. The van der Waals surface area contributed by atoms with E-state index < -0.39 is 11.7 Å². The summed E-state index contributed by atoms with van der Waals surface area (Å²) in [6.07, 6.45) is -2.03. The first-order valence-corrected chi connectivity index (χ1v) is 7.96. The molecule has 1 aliphatic heterocycles. The van der Waals surface area contributed by atoms with Crippen LogP contribution in [-0.2, 0) is 6.18 Å². The minimum atomic E-state index is -4.40. The maximum atomic E-state index is 12.6. The van der Waals surface area contributed by atoms with Crippen molar-refractivity contribution < 1.29 is 22.7 Å². The van der Waals surface area contributed by atoms with Crippen molar-refractivity contribution in [3.05, 3.63) is 47.8 Å². The van der Waals surface area contributed by atoms with Crippen LogP contribution in [0, 0.1) is 0 Å². The lowest BCUT2D eigenvalue weighted by Crippen LogP contribution is -2.49. The highest BCUT2D eigenvalue weighted by Gasteiger charge is 2.31. The normalized spacial score (nSPS) is 15.1. The van der Waals surface area contributed by atoms with Crippen LogP contribution in [0.15, 0.2) is 36.7 Å². The van der Waals surface area contributed by atoms with Gasteiger partial charge in [-0.05, 0) is 24.3 Å². The SMILES string of the molecule is COc1ncccc1C(=O)N1CCN(c2ccc(C(F)(F)F)cn2)CC1. The second-order valence-electron chi connectivity index (χ2n) is 5.74. The molecule has 1 saturated heterocycles. The molecule has 3 rings (SSSR count). The average Bonchev–Trinajstić information content (AvgIpc) is 2.67. The first-order valence-electron chi connectivity index (χ1n) is 7.96. The summed E-state index contributed by atoms with van der Waals surface area (Å²) >= 11 is 0. The largest absolute Gasteiger partial charge is 0.480 e. The number of carbonyl (C=O) groups is 1. The van der Waals surface area contributed by atoms with Crippen LogP contribution in [0.1, 0.15) is 15.9 Å². The molecule has 0 radical (unpaired) electrons. The molecular weight excluding hydrogens is 349 g/mol. The molecule has 1 aliphatic rings. The smallest absolute Gasteiger partial charge is 0.417 e. The summed E-state index contributed by atoms with van der Waals surface area (Å²) in [5.41, 5.74) is -0.394. The van der Waals surface area contributed by atoms with Crippen LogP contribution in [-0.4, -0.2) is 54.1 Å². The third-order valence-electron chi connectivity index (χ3n) is 4.16. The van der Waals surface area contributed by atoms with Crippen molar-refractivity contribution in [1.82, 2.24) is 14.9 Å². The summed E-state index contributed by atoms with van der Waals surface area (Å²) in [6, 6.07) is 5.68. The molecule has 0 unspecified atom stereocenters. The Kier molecular flexibility index (Phi) is 4.97. The standard InChI is InChI=1S/C17H17F3N4O2/c1-26-15-13(3-2-6-21-15)16(25)24-9-7-23(8-10-24)14-5-4-12(11-22-14)17(18,19)20/h2-6,11H,7-10H2,1H3. The van der Waals surface area contributed by atoms with E-state index in [0.717, 1.165) is 12.3 Å². The number of hydrogen-bond acceptors (Lipinski definition) is 5. The van der Waals surface area contributed by atoms with Gasteiger partial charge in [0, 0.05) is 38.6 Å². The fourth-order valence-corrected chi connectivity index (χ4v) is 2.77. The number of nitrogens with zero attached hydrogens (tertiary/aromatic N) is 4. The van der Waals surface area contributed by atoms with Crippen LogP contribution in [0.3, 0.4) is 0 Å². The minimum Gasteiger partial charge on any atom is -0.480 e. The van der Waals surface area contributed by atoms with Crippen molar-refractivity contribution in [2.45, 2.75) is 6.18 Å². The molecule has 2 aromatic heterocycles. The van der Waals surface area contributed by atoms with Crippen molar-refractivity contribution in [2.75, 3.05) is 38.2 Å². The number of hydrogen-bond donors (Lipinski definition) is 0. The Hall–Kier alpha value is -2.84. The van der Waals surface area contributed by atoms with Gasteiger partial charge in [-0.25, -0.2) is 9.97 Å². The molecular formula is C17H17F3N4O2. The summed E-state index contributed by atoms with van der Waals surface area (Å²) in [6.45, 7) is 1.82. The number of ether oxygens (including phenoxy) is 1. The molecule has 0 saturated carbocycles. The van der Waals surface area contributed by atoms with Crippen LogP contribution in [0.2, 0.25) is 0 Å². The van der Waals surface area contributed by atoms with Gasteiger partial charge in [0.05, 0.1) is 12.7 Å². The predicted molar refractivity (Wildman–Crippen MR) is 88.1 cm³/mol. The Morgan fingerprint density at radius 2 is 1.85 bits per heavy atom. The van der Waals surface area contributed by atoms with Crippen molar-refractivity contribution in [3.8, 4) is 5.88 Å². The van der Waals surface area contributed by atoms with Crippen molar-refractivity contribution >= 4 is 11.7 Å². The van der Waals surface area contributed by atoms with Crippen LogP contribution in [0.5, 0.6) is 5.88 Å². The molecule has 2 aromatic rings. The number of anilines is 1. The summed E-state index contributed by atoms with van der Waals surface area (Å²) in [4.78, 5) is 24.1. The van der Waals surface area contributed by atoms with Crippen LogP contribution in [0.4, 0.5) is 19.0 Å². The zero-order valence-electron chi connectivity index (χ0n) is 14.0. The highest BCUT2D eigenvalue weighted by atomic mass is 19.4. The Morgan fingerprint density at radius 3 is 2.42 bits per heavy atom. The van der Waals surface area contributed by atoms with Crippen molar-refractivity contribution in [1.29, 1.82) is 0 Å². The maximum Gasteiger partial charge on any atom is 0.417 e. The Morgan fingerprint density at radius 1 is 1.12 bits per heavy atom. The molecule has 1 amide bonds. The summed E-state index contributed by atoms with van der Waals surface area (Å²) in [7, 11) is 1.45. The first kappa shape index (κ1) is 18.0. The minimum absolute atomic E-state index is 0.185. The van der Waals surface area contributed by atoms with Gasteiger partial charge in [0.15, 0.2) is 0 Å². The zero-order chi connectivity index (χ0) is 18.7. The molecule has 9 heteroatoms. The molecule has 0 bridgehead atoms. The van der Waals surface area contributed by atoms with E-state index in [1.165, 1.54) is 13.2 Å². The number of alkyl halides is 3. The number of methoxy groups -OCH3 is 1. The fraction of sp³-hybridized carbons (Fsp3) is 0.353. The fourth-order valence-electron chi connectivity index (χ4n) is 2.77. The zero-order valence-corrected chi connectivity index (χ0v) is 14.0. The van der Waals surface area contributed by atoms with Gasteiger partial charge in [0.2, 0.25) is 5.88 Å². The van der Waals surface area contributed by atoms with Crippen LogP contribution < -0.4 is 9.64 Å². The average molecular weight is 366 g/mol. The number of amides is 1. The molecule has 0 aromatic carbocycles. The van der Waals surface area contributed by atoms with E-state index in [0.29, 0.717) is 37.6 Å². The number of halogens is 3. The molecule has 1 fully saturated rings. The van der Waals surface area contributed by atoms with Gasteiger partial charge in [-0.1, -0.05) is 0 Å². The molecule has 6 nitrogen and oxygen atoms in total. The lowest BCUT2D eigenvalue weighted by molar-refractivity contribution is -0.137. The van der Waals surface area contributed by atoms with E-state index in [9.17, 15) is 18.0 Å². The highest BCUT2D eigenvalue weighted by molar-refractivity contribution is 5.96. The molecule has 0 N–H and O–H groups in total. The van der Waals surface area contributed by atoms with Gasteiger partial charge in [0.1, 0.15) is 11.4 Å². The monoisotopic (exact) mass is 366 g/mol. The van der Waals surface area contributed by atoms with Gasteiger partial charge in [-0.15, -0.1) is 0 Å². The van der Waals surface area contributed by atoms with E-state index in [4.69, 9.17) is 4.74 Å². The number of aromatic nitrogens is 2. The van der Waals surface area contributed by atoms with Crippen molar-refractivity contribution in [3.63, 3.8) is 0 Å². The van der Waals surface area contributed by atoms with Gasteiger partial charge >= 0.3 is 6.18 Å². The molecule has 0 aliphatic carbocycles. The Bertz CT molecular complexity index is 772. The third kappa shape index (κ3) is 3.71. The second kappa shape index (κ2) is 7.19. The number of carbonyl (C=O) groups excluding carboxylic acids is 1. The van der Waals surface area contributed by atoms with Crippen LogP contribution >= 0.6 is 0 Å². The lowest BCUT2D eigenvalue weighted by atomic mass is 10.2. The number of piperazine rings is 1. The van der Waals surface area contributed by atoms with Gasteiger partial charge in [-0.3, -0.25) is 4.79 Å². The van der Waals surface area contributed by atoms with Crippen molar-refractivity contribution in [2.24, 2.45) is 0 Å². The van der Waals surface area contributed by atoms with Gasteiger partial charge in [-0.2, -0.15) is 13.2 Å². The van der Waals surface area contributed by atoms with E-state index in [1.807, 2.05) is 4.90 Å². The number of rotatable bonds is 3. The topological polar surface area (TPSA) is 58.6 Å². The van der Waals surface area contributed by atoms with Gasteiger partial charge < -0.3 is 14.5 Å². The maximum absolute atomic E-state index is 12.6. The quantitative estimate of drug-likeness (QED) is 0.835. The first-order chi connectivity index (χ1) is 12.4. The van der Waals surface area contributed by atoms with E-state index in [-0.39, 0.29) is 11.8 Å².